The number of amides is 2. The van der Waals surface area contributed by atoms with Gasteiger partial charge in [-0.2, -0.15) is 0 Å². The fraction of sp³-hybridized carbons (Fsp3) is 0.381. The SMILES string of the molecule is CN[C@H]1CCN(c2ccnc3c2CCN3C(=O)Nc2cn3cc(C)nc3cc2F)C1. The first-order valence-corrected chi connectivity index (χ1v) is 10.2. The van der Waals surface area contributed by atoms with E-state index in [1.165, 1.54) is 6.07 Å². The number of anilines is 3. The van der Waals surface area contributed by atoms with E-state index in [0.717, 1.165) is 42.9 Å². The quantitative estimate of drug-likeness (QED) is 0.695. The van der Waals surface area contributed by atoms with Gasteiger partial charge in [0.25, 0.3) is 0 Å². The third kappa shape index (κ3) is 3.15. The van der Waals surface area contributed by atoms with E-state index in [2.05, 4.69) is 25.5 Å². The summed E-state index contributed by atoms with van der Waals surface area (Å²) in [6.07, 6.45) is 6.90. The molecule has 8 nitrogen and oxygen atoms in total. The number of urea groups is 1. The van der Waals surface area contributed by atoms with E-state index in [4.69, 9.17) is 0 Å². The van der Waals surface area contributed by atoms with Crippen molar-refractivity contribution >= 4 is 28.9 Å². The molecular formula is C21H24FN7O. The smallest absolute Gasteiger partial charge is 0.327 e. The first-order chi connectivity index (χ1) is 14.5. The molecule has 0 saturated carbocycles. The van der Waals surface area contributed by atoms with Gasteiger partial charge in [-0.05, 0) is 32.9 Å². The molecule has 1 atom stereocenters. The van der Waals surface area contributed by atoms with Crippen LogP contribution < -0.4 is 20.4 Å². The molecule has 0 spiro atoms. The molecule has 0 radical (unpaired) electrons. The van der Waals surface area contributed by atoms with Crippen molar-refractivity contribution in [2.75, 3.05) is 41.8 Å². The number of pyridine rings is 2. The first-order valence-electron chi connectivity index (χ1n) is 10.2. The van der Waals surface area contributed by atoms with Crippen molar-refractivity contribution in [3.8, 4) is 0 Å². The van der Waals surface area contributed by atoms with Crippen molar-refractivity contribution in [2.45, 2.75) is 25.8 Å². The summed E-state index contributed by atoms with van der Waals surface area (Å²) in [5.74, 6) is 0.135. The maximum atomic E-state index is 14.5. The van der Waals surface area contributed by atoms with Gasteiger partial charge in [0.2, 0.25) is 0 Å². The lowest BCUT2D eigenvalue weighted by Crippen LogP contribution is -2.34. The van der Waals surface area contributed by atoms with Gasteiger partial charge >= 0.3 is 6.03 Å². The van der Waals surface area contributed by atoms with Gasteiger partial charge in [0, 0.05) is 61.6 Å². The van der Waals surface area contributed by atoms with Crippen LogP contribution in [-0.2, 0) is 6.42 Å². The Morgan fingerprint density at radius 2 is 2.17 bits per heavy atom. The summed E-state index contributed by atoms with van der Waals surface area (Å²) in [6, 6.07) is 3.43. The van der Waals surface area contributed by atoms with Gasteiger partial charge in [-0.25, -0.2) is 19.2 Å². The molecule has 9 heteroatoms. The largest absolute Gasteiger partial charge is 0.370 e. The lowest BCUT2D eigenvalue weighted by molar-refractivity contribution is 0.257. The fourth-order valence-corrected chi connectivity index (χ4v) is 4.39. The molecular weight excluding hydrogens is 385 g/mol. The van der Waals surface area contributed by atoms with Crippen molar-refractivity contribution in [3.05, 3.63) is 47.8 Å². The average molecular weight is 409 g/mol. The van der Waals surface area contributed by atoms with Crippen LogP contribution >= 0.6 is 0 Å². The molecule has 0 aromatic carbocycles. The molecule has 3 aromatic rings. The van der Waals surface area contributed by atoms with E-state index in [1.54, 1.807) is 27.9 Å². The van der Waals surface area contributed by atoms with Crippen LogP contribution in [0.1, 0.15) is 17.7 Å². The van der Waals surface area contributed by atoms with Crippen molar-refractivity contribution in [1.82, 2.24) is 19.7 Å². The summed E-state index contributed by atoms with van der Waals surface area (Å²) in [5.41, 5.74) is 3.61. The number of aromatic nitrogens is 3. The Hall–Kier alpha value is -3.20. The summed E-state index contributed by atoms with van der Waals surface area (Å²) < 4.78 is 16.2. The zero-order chi connectivity index (χ0) is 20.8. The second-order valence-corrected chi connectivity index (χ2v) is 7.87. The Labute approximate surface area is 173 Å². The lowest BCUT2D eigenvalue weighted by Gasteiger charge is -2.22. The van der Waals surface area contributed by atoms with E-state index >= 15 is 0 Å². The predicted octanol–water partition coefficient (Wildman–Crippen LogP) is 2.57. The monoisotopic (exact) mass is 409 g/mol. The summed E-state index contributed by atoms with van der Waals surface area (Å²) in [6.45, 7) is 4.27. The molecule has 1 fully saturated rings. The number of imidazole rings is 1. The minimum Gasteiger partial charge on any atom is -0.370 e. The highest BCUT2D eigenvalue weighted by Gasteiger charge is 2.31. The summed E-state index contributed by atoms with van der Waals surface area (Å²) >= 11 is 0. The standard InChI is InChI=1S/C21H24FN7O/c1-13-10-28-12-17(16(22)9-19(28)25-13)26-21(30)29-8-5-15-18(3-6-24-20(15)29)27-7-4-14(11-27)23-2/h3,6,9-10,12,14,23H,4-5,7-8,11H2,1-2H3,(H,26,30)/t14-/m0/s1. The van der Waals surface area contributed by atoms with Crippen LogP contribution in [0.2, 0.25) is 0 Å². The summed E-state index contributed by atoms with van der Waals surface area (Å²) in [4.78, 5) is 25.6. The van der Waals surface area contributed by atoms with Gasteiger partial charge in [0.05, 0.1) is 11.4 Å². The third-order valence-corrected chi connectivity index (χ3v) is 5.94. The van der Waals surface area contributed by atoms with Gasteiger partial charge in [0.15, 0.2) is 5.82 Å². The number of likely N-dealkylation sites (N-methyl/N-ethyl adjacent to an activating group) is 1. The molecule has 156 valence electrons. The van der Waals surface area contributed by atoms with Crippen molar-refractivity contribution < 1.29 is 9.18 Å². The maximum Gasteiger partial charge on any atom is 0.327 e. The molecule has 30 heavy (non-hydrogen) atoms. The Morgan fingerprint density at radius 1 is 1.30 bits per heavy atom. The second-order valence-electron chi connectivity index (χ2n) is 7.87. The number of nitrogens with one attached hydrogen (secondary N) is 2. The van der Waals surface area contributed by atoms with Crippen molar-refractivity contribution in [3.63, 3.8) is 0 Å². The van der Waals surface area contributed by atoms with Crippen LogP contribution in [-0.4, -0.2) is 53.1 Å². The Bertz CT molecular complexity index is 1130. The Kier molecular flexibility index (Phi) is 4.54. The van der Waals surface area contributed by atoms with Crippen molar-refractivity contribution in [1.29, 1.82) is 0 Å². The van der Waals surface area contributed by atoms with Crippen LogP contribution in [0, 0.1) is 12.7 Å². The molecule has 5 heterocycles. The normalized spacial score (nSPS) is 18.3. The molecule has 1 saturated heterocycles. The number of halogens is 1. The fourth-order valence-electron chi connectivity index (χ4n) is 4.39. The maximum absolute atomic E-state index is 14.5. The molecule has 2 aliphatic heterocycles. The van der Waals surface area contributed by atoms with Gasteiger partial charge in [-0.15, -0.1) is 0 Å². The van der Waals surface area contributed by atoms with E-state index in [0.29, 0.717) is 24.1 Å². The van der Waals surface area contributed by atoms with Crippen LogP contribution in [0.4, 0.5) is 26.4 Å². The Morgan fingerprint density at radius 3 is 2.97 bits per heavy atom. The number of rotatable bonds is 3. The number of carbonyl (C=O) groups is 1. The zero-order valence-corrected chi connectivity index (χ0v) is 17.0. The summed E-state index contributed by atoms with van der Waals surface area (Å²) in [7, 11) is 1.98. The topological polar surface area (TPSA) is 77.8 Å². The number of hydrogen-bond donors (Lipinski definition) is 2. The minimum absolute atomic E-state index is 0.117. The van der Waals surface area contributed by atoms with E-state index in [9.17, 15) is 9.18 Å². The average Bonchev–Trinajstić information content (AvgIpc) is 3.45. The predicted molar refractivity (Wildman–Crippen MR) is 114 cm³/mol. The second kappa shape index (κ2) is 7.24. The molecule has 5 rings (SSSR count). The highest BCUT2D eigenvalue weighted by atomic mass is 19.1. The van der Waals surface area contributed by atoms with E-state index in [-0.39, 0.29) is 11.7 Å². The molecule has 2 amide bonds. The highest BCUT2D eigenvalue weighted by Crippen LogP contribution is 2.35. The molecule has 2 N–H and O–H groups in total. The number of hydrogen-bond acceptors (Lipinski definition) is 5. The Balaban J connectivity index is 1.39. The van der Waals surface area contributed by atoms with E-state index < -0.39 is 5.82 Å². The zero-order valence-electron chi connectivity index (χ0n) is 17.0. The number of fused-ring (bicyclic) bond motifs is 2. The minimum atomic E-state index is -0.516. The number of aryl methyl sites for hydroxylation is 1. The first kappa shape index (κ1) is 18.8. The molecule has 3 aromatic heterocycles. The van der Waals surface area contributed by atoms with Gasteiger partial charge in [-0.1, -0.05) is 0 Å². The number of nitrogens with zero attached hydrogens (tertiary/aromatic N) is 5. The van der Waals surface area contributed by atoms with Crippen molar-refractivity contribution in [2.24, 2.45) is 0 Å². The van der Waals surface area contributed by atoms with Crippen LogP contribution in [0.3, 0.4) is 0 Å². The van der Waals surface area contributed by atoms with E-state index in [1.807, 2.05) is 20.0 Å². The van der Waals surface area contributed by atoms with Crippen LogP contribution in [0.15, 0.2) is 30.7 Å². The number of carbonyl (C=O) groups excluding carboxylic acids is 1. The molecule has 0 unspecified atom stereocenters. The van der Waals surface area contributed by atoms with Gasteiger partial charge in [-0.3, -0.25) is 4.90 Å². The van der Waals surface area contributed by atoms with Crippen LogP contribution in [0.25, 0.3) is 5.65 Å². The molecule has 2 aliphatic rings. The third-order valence-electron chi connectivity index (χ3n) is 5.94. The lowest BCUT2D eigenvalue weighted by atomic mass is 10.2. The molecule has 0 aliphatic carbocycles. The van der Waals surface area contributed by atoms with Gasteiger partial charge < -0.3 is 19.9 Å². The molecule has 0 bridgehead atoms. The highest BCUT2D eigenvalue weighted by molar-refractivity contribution is 6.03. The van der Waals surface area contributed by atoms with Gasteiger partial charge in [0.1, 0.15) is 11.5 Å². The summed E-state index contributed by atoms with van der Waals surface area (Å²) in [5, 5.41) is 6.03. The van der Waals surface area contributed by atoms with Crippen LogP contribution in [0.5, 0.6) is 0 Å².